The molecule has 0 radical (unpaired) electrons. The molecule has 2 aromatic rings. The zero-order chi connectivity index (χ0) is 13.8. The number of nitrogens with zero attached hydrogens (tertiary/aromatic N) is 2. The molecular weight excluding hydrogens is 244 g/mol. The molecule has 2 rings (SSSR count). The number of nitrogen functional groups attached to an aromatic ring is 2. The molecule has 1 aromatic carbocycles. The number of benzene rings is 1. The van der Waals surface area contributed by atoms with Crippen molar-refractivity contribution in [1.29, 1.82) is 0 Å². The molecule has 0 aliphatic rings. The van der Waals surface area contributed by atoms with Gasteiger partial charge in [0.2, 0.25) is 5.95 Å². The van der Waals surface area contributed by atoms with Crippen molar-refractivity contribution in [2.75, 3.05) is 38.9 Å². The summed E-state index contributed by atoms with van der Waals surface area (Å²) in [5, 5.41) is 0. The number of imidazole rings is 1. The number of aromatic nitrogens is 2. The van der Waals surface area contributed by atoms with Crippen LogP contribution in [-0.2, 0) is 22.4 Å². The normalized spacial score (nSPS) is 11.3. The van der Waals surface area contributed by atoms with Gasteiger partial charge in [-0.25, -0.2) is 4.98 Å². The first-order chi connectivity index (χ1) is 9.19. The van der Waals surface area contributed by atoms with E-state index >= 15 is 0 Å². The molecule has 0 fully saturated rings. The molecule has 0 saturated heterocycles. The molecule has 0 saturated carbocycles. The third-order valence-electron chi connectivity index (χ3n) is 3.13. The molecule has 1 aromatic heterocycles. The van der Waals surface area contributed by atoms with Gasteiger partial charge >= 0.3 is 0 Å². The first-order valence-corrected chi connectivity index (χ1v) is 6.20. The summed E-state index contributed by atoms with van der Waals surface area (Å²) in [5.74, 6) is 0.462. The molecule has 1 heterocycles. The minimum Gasteiger partial charge on any atom is -0.397 e. The molecule has 6 heteroatoms. The van der Waals surface area contributed by atoms with E-state index in [9.17, 15) is 0 Å². The van der Waals surface area contributed by atoms with Gasteiger partial charge < -0.3 is 25.5 Å². The van der Waals surface area contributed by atoms with Crippen molar-refractivity contribution >= 4 is 22.7 Å². The van der Waals surface area contributed by atoms with E-state index in [1.807, 2.05) is 16.7 Å². The van der Waals surface area contributed by atoms with E-state index in [4.69, 9.17) is 20.9 Å². The maximum Gasteiger partial charge on any atom is 0.201 e. The minimum atomic E-state index is 0.462. The van der Waals surface area contributed by atoms with E-state index in [0.29, 0.717) is 31.4 Å². The fraction of sp³-hybridized carbons (Fsp3) is 0.462. The predicted molar refractivity (Wildman–Crippen MR) is 76.0 cm³/mol. The van der Waals surface area contributed by atoms with E-state index in [2.05, 4.69) is 4.98 Å². The first kappa shape index (κ1) is 13.6. The summed E-state index contributed by atoms with van der Waals surface area (Å²) in [6.07, 6.45) is 0.786. The summed E-state index contributed by atoms with van der Waals surface area (Å²) in [6.45, 7) is 1.85. The average molecular weight is 264 g/mol. The lowest BCUT2D eigenvalue weighted by atomic mass is 10.1. The molecule has 19 heavy (non-hydrogen) atoms. The first-order valence-electron chi connectivity index (χ1n) is 6.20. The lowest BCUT2D eigenvalue weighted by Gasteiger charge is -2.08. The highest BCUT2D eigenvalue weighted by Crippen LogP contribution is 2.27. The van der Waals surface area contributed by atoms with Crippen LogP contribution in [0.4, 0.5) is 11.6 Å². The largest absolute Gasteiger partial charge is 0.397 e. The molecule has 0 atom stereocenters. The lowest BCUT2D eigenvalue weighted by molar-refractivity contribution is 0.189. The Morgan fingerprint density at radius 3 is 2.58 bits per heavy atom. The van der Waals surface area contributed by atoms with Gasteiger partial charge in [-0.3, -0.25) is 0 Å². The number of methoxy groups -OCH3 is 2. The highest BCUT2D eigenvalue weighted by molar-refractivity contribution is 5.91. The Kier molecular flexibility index (Phi) is 4.24. The van der Waals surface area contributed by atoms with Gasteiger partial charge in [-0.2, -0.15) is 0 Å². The Balaban J connectivity index is 2.49. The molecule has 104 valence electrons. The summed E-state index contributed by atoms with van der Waals surface area (Å²) in [4.78, 5) is 4.43. The topological polar surface area (TPSA) is 88.3 Å². The van der Waals surface area contributed by atoms with Gasteiger partial charge in [0.05, 0.1) is 29.9 Å². The maximum atomic E-state index is 6.05. The summed E-state index contributed by atoms with van der Waals surface area (Å²) >= 11 is 0. The molecule has 0 amide bonds. The Morgan fingerprint density at radius 1 is 1.16 bits per heavy atom. The van der Waals surface area contributed by atoms with E-state index in [1.54, 1.807) is 14.2 Å². The molecular formula is C13H20N4O2. The third-order valence-corrected chi connectivity index (χ3v) is 3.13. The van der Waals surface area contributed by atoms with Gasteiger partial charge in [0, 0.05) is 20.8 Å². The predicted octanol–water partition coefficient (Wildman–Crippen LogP) is 1.04. The summed E-state index contributed by atoms with van der Waals surface area (Å²) in [7, 11) is 3.34. The number of fused-ring (bicyclic) bond motifs is 1. The van der Waals surface area contributed by atoms with Crippen molar-refractivity contribution in [2.45, 2.75) is 13.0 Å². The Hall–Kier alpha value is -1.79. The standard InChI is InChI=1S/C13H20N4O2/c1-18-7-5-9-3-4-10(14)12-11(9)16-13(15)17(12)6-8-19-2/h3-4H,5-8,14H2,1-2H3,(H2,15,16). The van der Waals surface area contributed by atoms with Crippen LogP contribution in [-0.4, -0.2) is 37.0 Å². The van der Waals surface area contributed by atoms with E-state index in [0.717, 1.165) is 23.0 Å². The maximum absolute atomic E-state index is 6.05. The summed E-state index contributed by atoms with van der Waals surface area (Å²) < 4.78 is 12.1. The second-order valence-electron chi connectivity index (χ2n) is 4.37. The van der Waals surface area contributed by atoms with Crippen molar-refractivity contribution < 1.29 is 9.47 Å². The zero-order valence-electron chi connectivity index (χ0n) is 11.3. The highest BCUT2D eigenvalue weighted by atomic mass is 16.5. The lowest BCUT2D eigenvalue weighted by Crippen LogP contribution is -2.08. The van der Waals surface area contributed by atoms with Crippen LogP contribution in [0, 0.1) is 0 Å². The molecule has 0 bridgehead atoms. The zero-order valence-corrected chi connectivity index (χ0v) is 11.3. The van der Waals surface area contributed by atoms with E-state index in [-0.39, 0.29) is 0 Å². The number of hydrogen-bond acceptors (Lipinski definition) is 5. The Bertz CT molecular complexity index is 565. The fourth-order valence-electron chi connectivity index (χ4n) is 2.16. The molecule has 0 unspecified atom stereocenters. The second kappa shape index (κ2) is 5.90. The molecule has 6 nitrogen and oxygen atoms in total. The number of rotatable bonds is 6. The minimum absolute atomic E-state index is 0.462. The summed E-state index contributed by atoms with van der Waals surface area (Å²) in [6, 6.07) is 3.86. The molecule has 4 N–H and O–H groups in total. The number of anilines is 2. The van der Waals surface area contributed by atoms with Gasteiger partial charge in [0.15, 0.2) is 0 Å². The molecule has 0 aliphatic carbocycles. The quantitative estimate of drug-likeness (QED) is 0.761. The van der Waals surface area contributed by atoms with Crippen molar-refractivity contribution in [3.8, 4) is 0 Å². The number of ether oxygens (including phenoxy) is 2. The van der Waals surface area contributed by atoms with Gasteiger partial charge in [-0.05, 0) is 18.1 Å². The fourth-order valence-corrected chi connectivity index (χ4v) is 2.16. The van der Waals surface area contributed by atoms with Crippen LogP contribution in [0.5, 0.6) is 0 Å². The SMILES string of the molecule is COCCc1ccc(N)c2c1nc(N)n2CCOC. The van der Waals surface area contributed by atoms with Crippen LogP contribution in [0.1, 0.15) is 5.56 Å². The van der Waals surface area contributed by atoms with Crippen LogP contribution in [0.2, 0.25) is 0 Å². The van der Waals surface area contributed by atoms with E-state index in [1.165, 1.54) is 0 Å². The van der Waals surface area contributed by atoms with Crippen molar-refractivity contribution in [3.63, 3.8) is 0 Å². The van der Waals surface area contributed by atoms with E-state index < -0.39 is 0 Å². The van der Waals surface area contributed by atoms with Crippen molar-refractivity contribution in [2.24, 2.45) is 0 Å². The van der Waals surface area contributed by atoms with Crippen LogP contribution < -0.4 is 11.5 Å². The number of hydrogen-bond donors (Lipinski definition) is 2. The highest BCUT2D eigenvalue weighted by Gasteiger charge is 2.14. The van der Waals surface area contributed by atoms with Crippen molar-refractivity contribution in [1.82, 2.24) is 9.55 Å². The van der Waals surface area contributed by atoms with Crippen molar-refractivity contribution in [3.05, 3.63) is 17.7 Å². The monoisotopic (exact) mass is 264 g/mol. The van der Waals surface area contributed by atoms with Crippen LogP contribution in [0.15, 0.2) is 12.1 Å². The molecule has 0 spiro atoms. The van der Waals surface area contributed by atoms with Gasteiger partial charge in [0.25, 0.3) is 0 Å². The van der Waals surface area contributed by atoms with Crippen LogP contribution >= 0.6 is 0 Å². The Morgan fingerprint density at radius 2 is 1.89 bits per heavy atom. The van der Waals surface area contributed by atoms with Gasteiger partial charge in [-0.15, -0.1) is 0 Å². The second-order valence-corrected chi connectivity index (χ2v) is 4.37. The smallest absolute Gasteiger partial charge is 0.201 e. The van der Waals surface area contributed by atoms with Gasteiger partial charge in [-0.1, -0.05) is 6.07 Å². The van der Waals surface area contributed by atoms with Crippen LogP contribution in [0.3, 0.4) is 0 Å². The number of nitrogens with two attached hydrogens (primary N) is 2. The summed E-state index contributed by atoms with van der Waals surface area (Å²) in [5.41, 5.74) is 15.5. The Labute approximate surface area is 112 Å². The molecule has 0 aliphatic heterocycles. The average Bonchev–Trinajstić information content (AvgIpc) is 2.73. The van der Waals surface area contributed by atoms with Crippen LogP contribution in [0.25, 0.3) is 11.0 Å². The third kappa shape index (κ3) is 2.64. The van der Waals surface area contributed by atoms with Gasteiger partial charge in [0.1, 0.15) is 0 Å².